The number of halogens is 1. The molecule has 0 spiro atoms. The number of carbonyl (C=O) groups excluding carboxylic acids is 1. The van der Waals surface area contributed by atoms with Crippen molar-refractivity contribution in [1.82, 2.24) is 14.7 Å². The van der Waals surface area contributed by atoms with E-state index in [4.69, 9.17) is 5.73 Å². The molecule has 1 fully saturated rings. The summed E-state index contributed by atoms with van der Waals surface area (Å²) in [6.07, 6.45) is 1.98. The summed E-state index contributed by atoms with van der Waals surface area (Å²) < 4.78 is 1.85. The van der Waals surface area contributed by atoms with E-state index in [1.807, 2.05) is 63.5 Å². The van der Waals surface area contributed by atoms with Gasteiger partial charge in [-0.3, -0.25) is 4.79 Å². The maximum atomic E-state index is 13.0. The Kier molecular flexibility index (Phi) is 5.76. The summed E-state index contributed by atoms with van der Waals surface area (Å²) in [5.74, 6) is -0.0274. The van der Waals surface area contributed by atoms with Crippen molar-refractivity contribution in [1.29, 1.82) is 0 Å². The molecule has 3 heterocycles. The van der Waals surface area contributed by atoms with Gasteiger partial charge in [0.05, 0.1) is 16.3 Å². The van der Waals surface area contributed by atoms with Crippen molar-refractivity contribution in [2.24, 2.45) is 5.73 Å². The molecule has 4 rings (SSSR count). The molecule has 1 unspecified atom stereocenters. The lowest BCUT2D eigenvalue weighted by molar-refractivity contribution is 0.0734. The van der Waals surface area contributed by atoms with Gasteiger partial charge < -0.3 is 10.6 Å². The van der Waals surface area contributed by atoms with E-state index < -0.39 is 0 Å². The quantitative estimate of drug-likeness (QED) is 0.742. The third kappa shape index (κ3) is 3.40. The maximum Gasteiger partial charge on any atom is 0.274 e. The van der Waals surface area contributed by atoms with E-state index in [0.717, 1.165) is 35.6 Å². The number of hydrogen-bond donors (Lipinski definition) is 1. The minimum absolute atomic E-state index is 0. The lowest BCUT2D eigenvalue weighted by Crippen LogP contribution is -2.40. The highest BCUT2D eigenvalue weighted by atomic mass is 35.5. The van der Waals surface area contributed by atoms with Crippen molar-refractivity contribution < 1.29 is 4.79 Å². The molecule has 0 bridgehead atoms. The van der Waals surface area contributed by atoms with Gasteiger partial charge in [0.15, 0.2) is 5.69 Å². The van der Waals surface area contributed by atoms with Crippen LogP contribution in [-0.4, -0.2) is 39.7 Å². The number of carbonyl (C=O) groups is 1. The fourth-order valence-corrected chi connectivity index (χ4v) is 4.07. The SMILES string of the molecule is Cl.NCC1CCCN1C(=O)c1cc(-c2cccs2)n(-c2ccccc2)n1. The van der Waals surface area contributed by atoms with Gasteiger partial charge in [-0.15, -0.1) is 23.7 Å². The number of benzene rings is 1. The second kappa shape index (κ2) is 8.03. The highest BCUT2D eigenvalue weighted by Gasteiger charge is 2.30. The first-order chi connectivity index (χ1) is 12.3. The van der Waals surface area contributed by atoms with Gasteiger partial charge in [0.1, 0.15) is 0 Å². The fraction of sp³-hybridized carbons (Fsp3) is 0.263. The minimum Gasteiger partial charge on any atom is -0.333 e. The molecule has 136 valence electrons. The zero-order valence-electron chi connectivity index (χ0n) is 14.2. The summed E-state index contributed by atoms with van der Waals surface area (Å²) in [7, 11) is 0. The summed E-state index contributed by atoms with van der Waals surface area (Å²) >= 11 is 1.64. The van der Waals surface area contributed by atoms with E-state index in [1.165, 1.54) is 0 Å². The summed E-state index contributed by atoms with van der Waals surface area (Å²) in [5, 5.41) is 6.67. The lowest BCUT2D eigenvalue weighted by Gasteiger charge is -2.22. The average molecular weight is 389 g/mol. The first-order valence-electron chi connectivity index (χ1n) is 8.48. The number of nitrogens with zero attached hydrogens (tertiary/aromatic N) is 3. The zero-order chi connectivity index (χ0) is 17.2. The van der Waals surface area contributed by atoms with Crippen molar-refractivity contribution in [3.63, 3.8) is 0 Å². The van der Waals surface area contributed by atoms with Gasteiger partial charge in [0.25, 0.3) is 5.91 Å². The molecule has 1 aromatic carbocycles. The van der Waals surface area contributed by atoms with Crippen LogP contribution in [0.4, 0.5) is 0 Å². The number of amides is 1. The monoisotopic (exact) mass is 388 g/mol. The largest absolute Gasteiger partial charge is 0.333 e. The van der Waals surface area contributed by atoms with Crippen molar-refractivity contribution in [2.45, 2.75) is 18.9 Å². The van der Waals surface area contributed by atoms with E-state index in [0.29, 0.717) is 12.2 Å². The van der Waals surface area contributed by atoms with Crippen molar-refractivity contribution in [3.8, 4) is 16.3 Å². The summed E-state index contributed by atoms with van der Waals surface area (Å²) in [4.78, 5) is 15.9. The van der Waals surface area contributed by atoms with Crippen molar-refractivity contribution in [3.05, 3.63) is 59.6 Å². The van der Waals surface area contributed by atoms with Crippen molar-refractivity contribution in [2.75, 3.05) is 13.1 Å². The molecule has 26 heavy (non-hydrogen) atoms. The second-order valence-electron chi connectivity index (χ2n) is 6.17. The van der Waals surface area contributed by atoms with E-state index in [2.05, 4.69) is 5.10 Å². The normalized spacial score (nSPS) is 16.5. The van der Waals surface area contributed by atoms with Gasteiger partial charge in [0.2, 0.25) is 0 Å². The zero-order valence-corrected chi connectivity index (χ0v) is 15.9. The molecule has 7 heteroatoms. The summed E-state index contributed by atoms with van der Waals surface area (Å²) in [6, 6.07) is 16.0. The van der Waals surface area contributed by atoms with Crippen LogP contribution in [0, 0.1) is 0 Å². The molecular weight excluding hydrogens is 368 g/mol. The van der Waals surface area contributed by atoms with Crippen LogP contribution in [0.2, 0.25) is 0 Å². The number of thiophene rings is 1. The number of aromatic nitrogens is 2. The van der Waals surface area contributed by atoms with Crippen LogP contribution in [0.25, 0.3) is 16.3 Å². The number of hydrogen-bond acceptors (Lipinski definition) is 4. The Labute approximate surface area is 162 Å². The highest BCUT2D eigenvalue weighted by molar-refractivity contribution is 7.13. The molecule has 5 nitrogen and oxygen atoms in total. The van der Waals surface area contributed by atoms with Crippen molar-refractivity contribution >= 4 is 29.7 Å². The van der Waals surface area contributed by atoms with Crippen LogP contribution in [0.3, 0.4) is 0 Å². The van der Waals surface area contributed by atoms with E-state index in [1.54, 1.807) is 11.3 Å². The number of nitrogens with two attached hydrogens (primary N) is 1. The minimum atomic E-state index is -0.0274. The molecule has 1 amide bonds. The lowest BCUT2D eigenvalue weighted by atomic mass is 10.2. The molecule has 1 atom stereocenters. The van der Waals surface area contributed by atoms with Crippen LogP contribution in [0.5, 0.6) is 0 Å². The molecule has 1 saturated heterocycles. The van der Waals surface area contributed by atoms with Crippen LogP contribution < -0.4 is 5.73 Å². The van der Waals surface area contributed by atoms with Gasteiger partial charge in [-0.05, 0) is 42.5 Å². The number of rotatable bonds is 4. The molecule has 0 aliphatic carbocycles. The van der Waals surface area contributed by atoms with Gasteiger partial charge in [0, 0.05) is 19.1 Å². The number of para-hydroxylation sites is 1. The Balaban J connectivity index is 0.00000196. The van der Waals surface area contributed by atoms with Crippen LogP contribution in [0.15, 0.2) is 53.9 Å². The molecule has 0 radical (unpaired) electrons. The molecule has 0 saturated carbocycles. The molecular formula is C19H21ClN4OS. The van der Waals surface area contributed by atoms with E-state index in [9.17, 15) is 4.79 Å². The molecule has 1 aliphatic rings. The van der Waals surface area contributed by atoms with Gasteiger partial charge in [-0.2, -0.15) is 5.10 Å². The second-order valence-corrected chi connectivity index (χ2v) is 7.12. The van der Waals surface area contributed by atoms with Gasteiger partial charge in [-0.25, -0.2) is 4.68 Å². The fourth-order valence-electron chi connectivity index (χ4n) is 3.35. The Morgan fingerprint density at radius 3 is 2.73 bits per heavy atom. The molecule has 3 aromatic rings. The Hall–Kier alpha value is -2.15. The number of likely N-dealkylation sites (tertiary alicyclic amines) is 1. The summed E-state index contributed by atoms with van der Waals surface area (Å²) in [6.45, 7) is 1.26. The van der Waals surface area contributed by atoms with E-state index in [-0.39, 0.29) is 24.4 Å². The standard InChI is InChI=1S/C19H20N4OS.ClH/c20-13-15-8-4-10-22(15)19(24)16-12-17(18-9-5-11-25-18)23(21-16)14-6-2-1-3-7-14;/h1-3,5-7,9,11-12,15H,4,8,10,13,20H2;1H. The van der Waals surface area contributed by atoms with Crippen LogP contribution in [0.1, 0.15) is 23.3 Å². The Bertz CT molecular complexity index is 863. The van der Waals surface area contributed by atoms with Gasteiger partial charge >= 0.3 is 0 Å². The summed E-state index contributed by atoms with van der Waals surface area (Å²) in [5.41, 5.74) is 8.19. The maximum absolute atomic E-state index is 13.0. The topological polar surface area (TPSA) is 64.2 Å². The highest BCUT2D eigenvalue weighted by Crippen LogP contribution is 2.29. The van der Waals surface area contributed by atoms with Crippen LogP contribution in [-0.2, 0) is 0 Å². The molecule has 2 aromatic heterocycles. The molecule has 1 aliphatic heterocycles. The van der Waals surface area contributed by atoms with Gasteiger partial charge in [-0.1, -0.05) is 24.3 Å². The predicted octanol–water partition coefficient (Wildman–Crippen LogP) is 3.59. The third-order valence-corrected chi connectivity index (χ3v) is 5.51. The van der Waals surface area contributed by atoms with E-state index >= 15 is 0 Å². The first kappa shape index (κ1) is 18.6. The Morgan fingerprint density at radius 2 is 2.04 bits per heavy atom. The third-order valence-electron chi connectivity index (χ3n) is 4.61. The Morgan fingerprint density at radius 1 is 1.23 bits per heavy atom. The molecule has 2 N–H and O–H groups in total. The van der Waals surface area contributed by atoms with Crippen LogP contribution >= 0.6 is 23.7 Å². The average Bonchev–Trinajstić information content (AvgIpc) is 3.41. The predicted molar refractivity (Wildman–Crippen MR) is 107 cm³/mol. The smallest absolute Gasteiger partial charge is 0.274 e. The first-order valence-corrected chi connectivity index (χ1v) is 9.36.